The molecule has 3 nitrogen and oxygen atoms in total. The Morgan fingerprint density at radius 2 is 2.27 bits per heavy atom. The zero-order valence-electron chi connectivity index (χ0n) is 9.37. The number of nitrogens with one attached hydrogen (secondary N) is 1. The second-order valence-electron chi connectivity index (χ2n) is 4.32. The quantitative estimate of drug-likeness (QED) is 0.803. The minimum Gasteiger partial charge on any atom is -0.370 e. The summed E-state index contributed by atoms with van der Waals surface area (Å²) in [6.45, 7) is 3.24. The molecule has 1 aromatic rings. The second kappa shape index (κ2) is 5.10. The molecule has 1 fully saturated rings. The highest BCUT2D eigenvalue weighted by molar-refractivity contribution is 5.34. The molecule has 0 aromatic carbocycles. The summed E-state index contributed by atoms with van der Waals surface area (Å²) in [6.07, 6.45) is 7.99. The van der Waals surface area contributed by atoms with Crippen molar-refractivity contribution < 1.29 is 0 Å². The first kappa shape index (κ1) is 10.4. The lowest BCUT2D eigenvalue weighted by atomic mass is 9.85. The molecule has 1 aliphatic carbocycles. The Balaban J connectivity index is 1.86. The summed E-state index contributed by atoms with van der Waals surface area (Å²) in [6, 6.07) is 2.07. The summed E-state index contributed by atoms with van der Waals surface area (Å²) in [5.74, 6) is 1.86. The van der Waals surface area contributed by atoms with Gasteiger partial charge in [-0.1, -0.05) is 19.8 Å². The number of hydrogen-bond donors (Lipinski definition) is 1. The highest BCUT2D eigenvalue weighted by Gasteiger charge is 2.16. The molecule has 0 amide bonds. The molecule has 1 aliphatic rings. The first-order valence-corrected chi connectivity index (χ1v) is 5.93. The van der Waals surface area contributed by atoms with E-state index in [0.717, 1.165) is 36.8 Å². The average Bonchev–Trinajstić information content (AvgIpc) is 2.16. The van der Waals surface area contributed by atoms with Gasteiger partial charge in [-0.05, 0) is 25.2 Å². The number of nitrogens with zero attached hydrogens (tertiary/aromatic N) is 2. The van der Waals surface area contributed by atoms with Crippen LogP contribution in [0.25, 0.3) is 0 Å². The maximum Gasteiger partial charge on any atom is 0.129 e. The Kier molecular flexibility index (Phi) is 3.54. The van der Waals surface area contributed by atoms with E-state index < -0.39 is 0 Å². The van der Waals surface area contributed by atoms with Crippen LogP contribution in [0.1, 0.15) is 38.3 Å². The van der Waals surface area contributed by atoms with Gasteiger partial charge in [-0.25, -0.2) is 9.97 Å². The Bertz CT molecular complexity index is 307. The number of aromatic nitrogens is 2. The Hall–Kier alpha value is -1.12. The van der Waals surface area contributed by atoms with Crippen LogP contribution >= 0.6 is 0 Å². The molecule has 0 spiro atoms. The fourth-order valence-electron chi connectivity index (χ4n) is 1.83. The molecule has 82 valence electrons. The maximum atomic E-state index is 4.24. The van der Waals surface area contributed by atoms with Crippen molar-refractivity contribution in [2.24, 2.45) is 5.92 Å². The van der Waals surface area contributed by atoms with E-state index in [-0.39, 0.29) is 0 Å². The van der Waals surface area contributed by atoms with Gasteiger partial charge in [-0.3, -0.25) is 0 Å². The minimum absolute atomic E-state index is 0.870. The van der Waals surface area contributed by atoms with E-state index in [1.165, 1.54) is 19.3 Å². The van der Waals surface area contributed by atoms with Crippen molar-refractivity contribution in [1.82, 2.24) is 9.97 Å². The molecule has 1 heterocycles. The summed E-state index contributed by atoms with van der Waals surface area (Å²) >= 11 is 0. The molecule has 1 N–H and O–H groups in total. The van der Waals surface area contributed by atoms with Crippen molar-refractivity contribution in [1.29, 1.82) is 0 Å². The molecule has 0 aliphatic heterocycles. The topological polar surface area (TPSA) is 37.8 Å². The second-order valence-corrected chi connectivity index (χ2v) is 4.32. The number of hydrogen-bond acceptors (Lipinski definition) is 3. The third kappa shape index (κ3) is 2.91. The van der Waals surface area contributed by atoms with Crippen LogP contribution in [0, 0.1) is 5.92 Å². The number of aryl methyl sites for hydroxylation is 1. The van der Waals surface area contributed by atoms with Gasteiger partial charge in [-0.15, -0.1) is 0 Å². The van der Waals surface area contributed by atoms with Gasteiger partial charge >= 0.3 is 0 Å². The van der Waals surface area contributed by atoms with E-state index in [1.54, 1.807) is 6.33 Å². The fraction of sp³-hybridized carbons (Fsp3) is 0.667. The molecule has 0 bridgehead atoms. The number of rotatable bonds is 5. The summed E-state index contributed by atoms with van der Waals surface area (Å²) in [5.41, 5.74) is 1.14. The van der Waals surface area contributed by atoms with Gasteiger partial charge in [0.15, 0.2) is 0 Å². The lowest BCUT2D eigenvalue weighted by molar-refractivity contribution is 0.333. The predicted molar refractivity (Wildman–Crippen MR) is 61.9 cm³/mol. The molecule has 0 radical (unpaired) electrons. The van der Waals surface area contributed by atoms with Crippen LogP contribution in [-0.4, -0.2) is 16.5 Å². The summed E-state index contributed by atoms with van der Waals surface area (Å²) in [7, 11) is 0. The van der Waals surface area contributed by atoms with Crippen LogP contribution in [0.3, 0.4) is 0 Å². The van der Waals surface area contributed by atoms with Crippen molar-refractivity contribution in [3.8, 4) is 0 Å². The molecule has 1 aromatic heterocycles. The van der Waals surface area contributed by atoms with Crippen LogP contribution in [0.5, 0.6) is 0 Å². The molecule has 0 unspecified atom stereocenters. The zero-order valence-corrected chi connectivity index (χ0v) is 9.37. The fourth-order valence-corrected chi connectivity index (χ4v) is 1.83. The van der Waals surface area contributed by atoms with Crippen molar-refractivity contribution >= 4 is 5.82 Å². The summed E-state index contributed by atoms with van der Waals surface area (Å²) in [4.78, 5) is 8.47. The van der Waals surface area contributed by atoms with Gasteiger partial charge in [0, 0.05) is 18.3 Å². The van der Waals surface area contributed by atoms with Crippen molar-refractivity contribution in [3.63, 3.8) is 0 Å². The van der Waals surface area contributed by atoms with Gasteiger partial charge in [0.05, 0.1) is 0 Å². The lowest BCUT2D eigenvalue weighted by Gasteiger charge is -2.25. The maximum absolute atomic E-state index is 4.24. The van der Waals surface area contributed by atoms with Crippen LogP contribution in [-0.2, 0) is 6.42 Å². The van der Waals surface area contributed by atoms with E-state index in [9.17, 15) is 0 Å². The highest BCUT2D eigenvalue weighted by Crippen LogP contribution is 2.26. The van der Waals surface area contributed by atoms with E-state index in [0.29, 0.717) is 0 Å². The summed E-state index contributed by atoms with van der Waals surface area (Å²) < 4.78 is 0. The van der Waals surface area contributed by atoms with Crippen molar-refractivity contribution in [2.75, 3.05) is 11.9 Å². The Morgan fingerprint density at radius 3 is 2.93 bits per heavy atom. The van der Waals surface area contributed by atoms with Gasteiger partial charge in [-0.2, -0.15) is 0 Å². The molecule has 3 heteroatoms. The van der Waals surface area contributed by atoms with Crippen LogP contribution in [0.4, 0.5) is 5.82 Å². The molecule has 1 saturated carbocycles. The van der Waals surface area contributed by atoms with Crippen LogP contribution < -0.4 is 5.32 Å². The number of anilines is 1. The third-order valence-corrected chi connectivity index (χ3v) is 3.03. The van der Waals surface area contributed by atoms with E-state index in [2.05, 4.69) is 28.3 Å². The predicted octanol–water partition coefficient (Wildman–Crippen LogP) is 2.64. The minimum atomic E-state index is 0.870. The molecular weight excluding hydrogens is 186 g/mol. The average molecular weight is 205 g/mol. The molecule has 0 saturated heterocycles. The molecule has 0 atom stereocenters. The first-order valence-electron chi connectivity index (χ1n) is 5.93. The highest BCUT2D eigenvalue weighted by atomic mass is 15.0. The van der Waals surface area contributed by atoms with Gasteiger partial charge in [0.25, 0.3) is 0 Å². The van der Waals surface area contributed by atoms with Gasteiger partial charge in [0.1, 0.15) is 12.1 Å². The van der Waals surface area contributed by atoms with Crippen LogP contribution in [0.15, 0.2) is 12.4 Å². The SMILES string of the molecule is CCCc1cc(NCC2CCC2)ncn1. The normalized spacial score (nSPS) is 16.1. The molecule has 15 heavy (non-hydrogen) atoms. The third-order valence-electron chi connectivity index (χ3n) is 3.03. The smallest absolute Gasteiger partial charge is 0.129 e. The van der Waals surface area contributed by atoms with E-state index in [1.807, 2.05) is 0 Å². The largest absolute Gasteiger partial charge is 0.370 e. The van der Waals surface area contributed by atoms with Gasteiger partial charge < -0.3 is 5.32 Å². The Labute approximate surface area is 91.3 Å². The zero-order chi connectivity index (χ0) is 10.5. The van der Waals surface area contributed by atoms with Gasteiger partial charge in [0.2, 0.25) is 0 Å². The van der Waals surface area contributed by atoms with E-state index >= 15 is 0 Å². The van der Waals surface area contributed by atoms with Crippen molar-refractivity contribution in [3.05, 3.63) is 18.1 Å². The molecule has 2 rings (SSSR count). The van der Waals surface area contributed by atoms with Crippen molar-refractivity contribution in [2.45, 2.75) is 39.0 Å². The molecular formula is C12H19N3. The van der Waals surface area contributed by atoms with E-state index in [4.69, 9.17) is 0 Å². The standard InChI is InChI=1S/C12H19N3/c1-2-4-11-7-12(15-9-14-11)13-8-10-5-3-6-10/h7,9-10H,2-6,8H2,1H3,(H,13,14,15). The Morgan fingerprint density at radius 1 is 1.40 bits per heavy atom. The van der Waals surface area contributed by atoms with Crippen LogP contribution in [0.2, 0.25) is 0 Å². The monoisotopic (exact) mass is 205 g/mol. The lowest BCUT2D eigenvalue weighted by Crippen LogP contribution is -2.21. The first-order chi connectivity index (χ1) is 7.38. The summed E-state index contributed by atoms with van der Waals surface area (Å²) in [5, 5.41) is 3.39.